The van der Waals surface area contributed by atoms with Crippen LogP contribution in [0.15, 0.2) is 12.2 Å². The number of hydrogen-bond acceptors (Lipinski definition) is 3. The van der Waals surface area contributed by atoms with Crippen molar-refractivity contribution >= 4 is 11.9 Å². The molecule has 0 spiro atoms. The number of rotatable bonds is 6. The summed E-state index contributed by atoms with van der Waals surface area (Å²) in [6, 6.07) is 0. The normalized spacial score (nSPS) is 12.7. The van der Waals surface area contributed by atoms with Gasteiger partial charge in [-0.3, -0.25) is 0 Å². The molecule has 1 atom stereocenters. The second-order valence-corrected chi connectivity index (χ2v) is 3.20. The second-order valence-electron chi connectivity index (χ2n) is 3.20. The summed E-state index contributed by atoms with van der Waals surface area (Å²) in [7, 11) is 0. The molecule has 4 nitrogen and oxygen atoms in total. The summed E-state index contributed by atoms with van der Waals surface area (Å²) >= 11 is 0. The Morgan fingerprint density at radius 1 is 1.43 bits per heavy atom. The van der Waals surface area contributed by atoms with Crippen molar-refractivity contribution < 1.29 is 19.4 Å². The van der Waals surface area contributed by atoms with Crippen LogP contribution in [-0.2, 0) is 14.3 Å². The lowest BCUT2D eigenvalue weighted by Crippen LogP contribution is -2.10. The number of esters is 1. The van der Waals surface area contributed by atoms with E-state index in [2.05, 4.69) is 6.92 Å². The third-order valence-electron chi connectivity index (χ3n) is 1.65. The van der Waals surface area contributed by atoms with Gasteiger partial charge >= 0.3 is 11.9 Å². The Bertz CT molecular complexity index is 220. The Hall–Kier alpha value is -1.32. The molecule has 0 aromatic rings. The topological polar surface area (TPSA) is 63.6 Å². The highest BCUT2D eigenvalue weighted by Crippen LogP contribution is 2.05. The number of ether oxygens (including phenoxy) is 1. The zero-order valence-electron chi connectivity index (χ0n) is 8.53. The monoisotopic (exact) mass is 200 g/mol. The highest BCUT2D eigenvalue weighted by molar-refractivity contribution is 5.90. The van der Waals surface area contributed by atoms with Gasteiger partial charge in [-0.25, -0.2) is 9.59 Å². The van der Waals surface area contributed by atoms with Gasteiger partial charge in [-0.2, -0.15) is 0 Å². The molecule has 0 radical (unpaired) electrons. The van der Waals surface area contributed by atoms with Crippen LogP contribution in [0.2, 0.25) is 0 Å². The van der Waals surface area contributed by atoms with Crippen molar-refractivity contribution in [2.75, 3.05) is 6.61 Å². The van der Waals surface area contributed by atoms with Gasteiger partial charge in [0.2, 0.25) is 0 Å². The van der Waals surface area contributed by atoms with E-state index in [0.717, 1.165) is 25.0 Å². The molecule has 80 valence electrons. The fourth-order valence-corrected chi connectivity index (χ4v) is 0.988. The van der Waals surface area contributed by atoms with E-state index in [1.807, 2.05) is 6.92 Å². The smallest absolute Gasteiger partial charge is 0.331 e. The van der Waals surface area contributed by atoms with Gasteiger partial charge in [0.1, 0.15) is 0 Å². The fraction of sp³-hybridized carbons (Fsp3) is 0.600. The van der Waals surface area contributed by atoms with Crippen molar-refractivity contribution in [1.82, 2.24) is 0 Å². The van der Waals surface area contributed by atoms with Gasteiger partial charge in [0.05, 0.1) is 6.61 Å². The molecule has 0 aliphatic carbocycles. The molecule has 0 amide bonds. The predicted octanol–water partition coefficient (Wildman–Crippen LogP) is 1.61. The van der Waals surface area contributed by atoms with Crippen LogP contribution in [0.1, 0.15) is 26.7 Å². The lowest BCUT2D eigenvalue weighted by molar-refractivity contribution is -0.139. The van der Waals surface area contributed by atoms with Gasteiger partial charge in [-0.15, -0.1) is 0 Å². The van der Waals surface area contributed by atoms with Crippen LogP contribution in [0.4, 0.5) is 0 Å². The minimum absolute atomic E-state index is 0.321. The van der Waals surface area contributed by atoms with E-state index in [1.54, 1.807) is 0 Å². The van der Waals surface area contributed by atoms with Crippen molar-refractivity contribution in [2.45, 2.75) is 26.7 Å². The summed E-state index contributed by atoms with van der Waals surface area (Å²) in [5.74, 6) is -1.43. The molecule has 14 heavy (non-hydrogen) atoms. The lowest BCUT2D eigenvalue weighted by Gasteiger charge is -2.08. The quantitative estimate of drug-likeness (QED) is 0.522. The maximum Gasteiger partial charge on any atom is 0.331 e. The van der Waals surface area contributed by atoms with Crippen LogP contribution in [0.3, 0.4) is 0 Å². The van der Waals surface area contributed by atoms with Crippen molar-refractivity contribution in [3.63, 3.8) is 0 Å². The van der Waals surface area contributed by atoms with Crippen molar-refractivity contribution in [3.8, 4) is 0 Å². The van der Waals surface area contributed by atoms with E-state index in [9.17, 15) is 9.59 Å². The standard InChI is InChI=1S/C10H16O4/c1-3-4-8(2)7-14-10(13)6-5-9(11)12/h5-6,8H,3-4,7H2,1-2H3,(H,11,12)/b6-5+. The first kappa shape index (κ1) is 12.7. The summed E-state index contributed by atoms with van der Waals surface area (Å²) in [6.07, 6.45) is 3.73. The molecule has 0 aliphatic rings. The number of carboxylic acids is 1. The van der Waals surface area contributed by atoms with E-state index in [1.165, 1.54) is 0 Å². The molecule has 0 rings (SSSR count). The average Bonchev–Trinajstić information content (AvgIpc) is 2.12. The Balaban J connectivity index is 3.68. The van der Waals surface area contributed by atoms with E-state index in [4.69, 9.17) is 9.84 Å². The number of carbonyl (C=O) groups is 2. The van der Waals surface area contributed by atoms with Gasteiger partial charge in [0.25, 0.3) is 0 Å². The summed E-state index contributed by atoms with van der Waals surface area (Å²) < 4.78 is 4.82. The molecule has 0 aromatic heterocycles. The third-order valence-corrected chi connectivity index (χ3v) is 1.65. The largest absolute Gasteiger partial charge is 0.478 e. The number of hydrogen-bond donors (Lipinski definition) is 1. The van der Waals surface area contributed by atoms with E-state index < -0.39 is 11.9 Å². The van der Waals surface area contributed by atoms with E-state index in [0.29, 0.717) is 12.5 Å². The van der Waals surface area contributed by atoms with Crippen molar-refractivity contribution in [1.29, 1.82) is 0 Å². The molecule has 0 aliphatic heterocycles. The molecule has 0 fully saturated rings. The molecular weight excluding hydrogens is 184 g/mol. The number of carboxylic acid groups (broad SMARTS) is 1. The zero-order chi connectivity index (χ0) is 11.0. The van der Waals surface area contributed by atoms with Gasteiger partial charge in [0, 0.05) is 12.2 Å². The minimum atomic E-state index is -1.15. The molecule has 0 saturated carbocycles. The van der Waals surface area contributed by atoms with Gasteiger partial charge in [-0.1, -0.05) is 20.3 Å². The van der Waals surface area contributed by atoms with Gasteiger partial charge in [-0.05, 0) is 12.3 Å². The van der Waals surface area contributed by atoms with Crippen molar-refractivity contribution in [3.05, 3.63) is 12.2 Å². The average molecular weight is 200 g/mol. The molecule has 0 aromatic carbocycles. The molecule has 0 bridgehead atoms. The highest BCUT2D eigenvalue weighted by Gasteiger charge is 2.04. The molecule has 1 N–H and O–H groups in total. The zero-order valence-corrected chi connectivity index (χ0v) is 8.53. The lowest BCUT2D eigenvalue weighted by atomic mass is 10.1. The maximum absolute atomic E-state index is 10.9. The molecule has 0 saturated heterocycles. The van der Waals surface area contributed by atoms with Crippen LogP contribution in [-0.4, -0.2) is 23.7 Å². The maximum atomic E-state index is 10.9. The molecule has 0 heterocycles. The van der Waals surface area contributed by atoms with Crippen LogP contribution in [0.25, 0.3) is 0 Å². The Kier molecular flexibility index (Phi) is 6.45. The second kappa shape index (κ2) is 7.12. The van der Waals surface area contributed by atoms with E-state index in [-0.39, 0.29) is 0 Å². The first-order chi connectivity index (χ1) is 6.56. The fourth-order valence-electron chi connectivity index (χ4n) is 0.988. The first-order valence-corrected chi connectivity index (χ1v) is 4.64. The Morgan fingerprint density at radius 2 is 2.07 bits per heavy atom. The Morgan fingerprint density at radius 3 is 2.57 bits per heavy atom. The number of carbonyl (C=O) groups excluding carboxylic acids is 1. The van der Waals surface area contributed by atoms with Crippen LogP contribution >= 0.6 is 0 Å². The first-order valence-electron chi connectivity index (χ1n) is 4.64. The van der Waals surface area contributed by atoms with Crippen LogP contribution in [0.5, 0.6) is 0 Å². The molecular formula is C10H16O4. The number of aliphatic carboxylic acids is 1. The summed E-state index contributed by atoms with van der Waals surface area (Å²) in [4.78, 5) is 20.9. The highest BCUT2D eigenvalue weighted by atomic mass is 16.5. The summed E-state index contributed by atoms with van der Waals surface area (Å²) in [5, 5.41) is 8.23. The van der Waals surface area contributed by atoms with Crippen LogP contribution < -0.4 is 0 Å². The van der Waals surface area contributed by atoms with E-state index >= 15 is 0 Å². The molecule has 1 unspecified atom stereocenters. The molecule has 4 heteroatoms. The van der Waals surface area contributed by atoms with Crippen LogP contribution in [0, 0.1) is 5.92 Å². The third kappa shape index (κ3) is 7.34. The SMILES string of the molecule is CCCC(C)COC(=O)/C=C/C(=O)O. The Labute approximate surface area is 83.6 Å². The predicted molar refractivity (Wildman–Crippen MR) is 51.8 cm³/mol. The van der Waals surface area contributed by atoms with Gasteiger partial charge < -0.3 is 9.84 Å². The van der Waals surface area contributed by atoms with Crippen molar-refractivity contribution in [2.24, 2.45) is 5.92 Å². The summed E-state index contributed by atoms with van der Waals surface area (Å²) in [5.41, 5.74) is 0. The summed E-state index contributed by atoms with van der Waals surface area (Å²) in [6.45, 7) is 4.39. The van der Waals surface area contributed by atoms with Gasteiger partial charge in [0.15, 0.2) is 0 Å². The minimum Gasteiger partial charge on any atom is -0.478 e.